The maximum absolute atomic E-state index is 12.1. The van der Waals surface area contributed by atoms with E-state index in [1.807, 2.05) is 12.3 Å². The van der Waals surface area contributed by atoms with Crippen LogP contribution in [0.1, 0.15) is 17.7 Å². The second-order valence-electron chi connectivity index (χ2n) is 5.16. The van der Waals surface area contributed by atoms with Gasteiger partial charge in [-0.3, -0.25) is 4.79 Å². The van der Waals surface area contributed by atoms with Crippen molar-refractivity contribution in [1.29, 1.82) is 0 Å². The number of hydrogen-bond acceptors (Lipinski definition) is 6. The number of nitrogens with one attached hydrogen (secondary N) is 1. The summed E-state index contributed by atoms with van der Waals surface area (Å²) >= 11 is 1.35. The fraction of sp³-hybridized carbons (Fsp3) is 0.333. The summed E-state index contributed by atoms with van der Waals surface area (Å²) in [6, 6.07) is 6.61. The number of sulfone groups is 1. The van der Waals surface area contributed by atoms with Crippen molar-refractivity contribution in [3.8, 4) is 0 Å². The summed E-state index contributed by atoms with van der Waals surface area (Å²) in [5.74, 6) is -0.491. The predicted octanol–water partition coefficient (Wildman–Crippen LogP) is 1.56. The van der Waals surface area contributed by atoms with Crippen molar-refractivity contribution >= 4 is 32.2 Å². The fourth-order valence-electron chi connectivity index (χ4n) is 1.95. The zero-order valence-electron chi connectivity index (χ0n) is 12.8. The van der Waals surface area contributed by atoms with Gasteiger partial charge in [0.25, 0.3) is 0 Å². The van der Waals surface area contributed by atoms with E-state index in [-0.39, 0.29) is 23.0 Å². The highest BCUT2D eigenvalue weighted by Gasteiger charge is 2.16. The van der Waals surface area contributed by atoms with Crippen LogP contribution in [0.4, 0.5) is 5.13 Å². The molecule has 1 amide bonds. The Morgan fingerprint density at radius 2 is 2.00 bits per heavy atom. The van der Waals surface area contributed by atoms with Crippen LogP contribution < -0.4 is 11.1 Å². The highest BCUT2D eigenvalue weighted by molar-refractivity contribution is 7.91. The summed E-state index contributed by atoms with van der Waals surface area (Å²) in [5.41, 5.74) is 7.33. The Morgan fingerprint density at radius 3 is 2.61 bits per heavy atom. The second kappa shape index (κ2) is 7.56. The lowest BCUT2D eigenvalue weighted by Gasteiger charge is -2.06. The zero-order valence-corrected chi connectivity index (χ0v) is 14.4. The van der Waals surface area contributed by atoms with Crippen molar-refractivity contribution < 1.29 is 13.2 Å². The van der Waals surface area contributed by atoms with Crippen LogP contribution in [-0.2, 0) is 21.1 Å². The summed E-state index contributed by atoms with van der Waals surface area (Å²) in [5, 5.41) is 5.03. The van der Waals surface area contributed by atoms with Crippen LogP contribution in [0.25, 0.3) is 0 Å². The van der Waals surface area contributed by atoms with E-state index in [0.717, 1.165) is 11.3 Å². The average Bonchev–Trinajstić information content (AvgIpc) is 2.91. The zero-order chi connectivity index (χ0) is 16.9. The molecule has 1 aromatic heterocycles. The number of nitrogens with zero attached hydrogens (tertiary/aromatic N) is 1. The van der Waals surface area contributed by atoms with E-state index < -0.39 is 9.84 Å². The van der Waals surface area contributed by atoms with Crippen LogP contribution in [-0.4, -0.2) is 31.6 Å². The van der Waals surface area contributed by atoms with Crippen molar-refractivity contribution in [3.05, 3.63) is 40.9 Å². The number of hydrogen-bond donors (Lipinski definition) is 2. The first-order valence-corrected chi connectivity index (χ1v) is 9.66. The van der Waals surface area contributed by atoms with Crippen molar-refractivity contribution in [1.82, 2.24) is 10.3 Å². The number of aromatic nitrogens is 1. The van der Waals surface area contributed by atoms with Crippen molar-refractivity contribution in [2.24, 2.45) is 0 Å². The highest BCUT2D eigenvalue weighted by Crippen LogP contribution is 2.13. The Balaban J connectivity index is 1.78. The van der Waals surface area contributed by atoms with Crippen LogP contribution in [0.5, 0.6) is 0 Å². The number of nitrogens with two attached hydrogens (primary N) is 1. The molecule has 0 atom stereocenters. The smallest absolute Gasteiger partial charge is 0.221 e. The van der Waals surface area contributed by atoms with Crippen LogP contribution >= 0.6 is 11.3 Å². The molecule has 124 valence electrons. The molecule has 0 bridgehead atoms. The Labute approximate surface area is 139 Å². The maximum Gasteiger partial charge on any atom is 0.221 e. The Hall–Kier alpha value is -1.93. The van der Waals surface area contributed by atoms with Gasteiger partial charge >= 0.3 is 0 Å². The van der Waals surface area contributed by atoms with Crippen molar-refractivity contribution in [3.63, 3.8) is 0 Å². The maximum atomic E-state index is 12.1. The lowest BCUT2D eigenvalue weighted by atomic mass is 10.2. The van der Waals surface area contributed by atoms with E-state index in [1.165, 1.54) is 11.3 Å². The summed E-state index contributed by atoms with van der Waals surface area (Å²) < 4.78 is 24.3. The van der Waals surface area contributed by atoms with Crippen LogP contribution in [0.15, 0.2) is 34.5 Å². The van der Waals surface area contributed by atoms with Gasteiger partial charge in [0.1, 0.15) is 0 Å². The van der Waals surface area contributed by atoms with Gasteiger partial charge in [-0.05, 0) is 19.1 Å². The summed E-state index contributed by atoms with van der Waals surface area (Å²) in [4.78, 5) is 16.1. The minimum Gasteiger partial charge on any atom is -0.375 e. The molecule has 3 N–H and O–H groups in total. The quantitative estimate of drug-likeness (QED) is 0.786. The van der Waals surface area contributed by atoms with Gasteiger partial charge in [0.2, 0.25) is 5.91 Å². The number of benzene rings is 1. The van der Waals surface area contributed by atoms with E-state index in [0.29, 0.717) is 18.1 Å². The molecule has 0 aliphatic heterocycles. The second-order valence-corrected chi connectivity index (χ2v) is 8.16. The lowest BCUT2D eigenvalue weighted by molar-refractivity contribution is -0.120. The third-order valence-corrected chi connectivity index (χ3v) is 5.71. The number of rotatable bonds is 7. The standard InChI is InChI=1S/C15H19N3O3S2/c1-11-2-4-13(5-3-11)23(20,21)9-7-14(19)17-8-6-12-10-22-15(16)18-12/h2-5,10H,6-9H2,1H3,(H2,16,18)(H,17,19). The summed E-state index contributed by atoms with van der Waals surface area (Å²) in [7, 11) is -3.43. The summed E-state index contributed by atoms with van der Waals surface area (Å²) in [6.07, 6.45) is 0.513. The molecule has 0 saturated heterocycles. The van der Waals surface area contributed by atoms with Gasteiger partial charge in [-0.15, -0.1) is 11.3 Å². The normalized spacial score (nSPS) is 11.3. The molecular formula is C15H19N3O3S2. The Kier molecular flexibility index (Phi) is 5.73. The Bertz CT molecular complexity index is 768. The number of anilines is 1. The van der Waals surface area contributed by atoms with E-state index in [9.17, 15) is 13.2 Å². The number of thiazole rings is 1. The first kappa shape index (κ1) is 17.4. The monoisotopic (exact) mass is 353 g/mol. The third kappa shape index (κ3) is 5.33. The molecule has 6 nitrogen and oxygen atoms in total. The number of carbonyl (C=O) groups excluding carboxylic acids is 1. The molecule has 0 fully saturated rings. The largest absolute Gasteiger partial charge is 0.375 e. The molecule has 0 saturated carbocycles. The first-order valence-electron chi connectivity index (χ1n) is 7.13. The molecule has 0 unspecified atom stereocenters. The Morgan fingerprint density at radius 1 is 1.30 bits per heavy atom. The van der Waals surface area contributed by atoms with Crippen LogP contribution in [0, 0.1) is 6.92 Å². The van der Waals surface area contributed by atoms with Crippen molar-refractivity contribution in [2.75, 3.05) is 18.0 Å². The predicted molar refractivity (Wildman–Crippen MR) is 91.1 cm³/mol. The molecule has 0 radical (unpaired) electrons. The number of amides is 1. The van der Waals surface area contributed by atoms with E-state index in [4.69, 9.17) is 5.73 Å². The van der Waals surface area contributed by atoms with E-state index in [1.54, 1.807) is 24.3 Å². The molecule has 1 heterocycles. The number of carbonyl (C=O) groups is 1. The molecule has 0 spiro atoms. The number of aryl methyl sites for hydroxylation is 1. The van der Waals surface area contributed by atoms with E-state index in [2.05, 4.69) is 10.3 Å². The van der Waals surface area contributed by atoms with Gasteiger partial charge in [-0.25, -0.2) is 13.4 Å². The molecule has 0 aliphatic carbocycles. The topological polar surface area (TPSA) is 102 Å². The molecule has 23 heavy (non-hydrogen) atoms. The molecule has 0 aliphatic rings. The van der Waals surface area contributed by atoms with Gasteiger partial charge in [0.05, 0.1) is 16.3 Å². The van der Waals surface area contributed by atoms with Gasteiger partial charge in [0.15, 0.2) is 15.0 Å². The number of nitrogen functional groups attached to an aromatic ring is 1. The van der Waals surface area contributed by atoms with Gasteiger partial charge in [-0.1, -0.05) is 17.7 Å². The minimum atomic E-state index is -3.43. The van der Waals surface area contributed by atoms with E-state index >= 15 is 0 Å². The van der Waals surface area contributed by atoms with Gasteiger partial charge in [-0.2, -0.15) is 0 Å². The third-order valence-electron chi connectivity index (χ3n) is 3.25. The van der Waals surface area contributed by atoms with Crippen LogP contribution in [0.3, 0.4) is 0 Å². The van der Waals surface area contributed by atoms with Crippen LogP contribution in [0.2, 0.25) is 0 Å². The molecule has 1 aromatic carbocycles. The fourth-order valence-corrected chi connectivity index (χ4v) is 3.78. The lowest BCUT2D eigenvalue weighted by Crippen LogP contribution is -2.27. The van der Waals surface area contributed by atoms with Crippen molar-refractivity contribution in [2.45, 2.75) is 24.7 Å². The SMILES string of the molecule is Cc1ccc(S(=O)(=O)CCC(=O)NCCc2csc(N)n2)cc1. The minimum absolute atomic E-state index is 0.0601. The average molecular weight is 353 g/mol. The van der Waals surface area contributed by atoms with Gasteiger partial charge in [0, 0.05) is 24.8 Å². The first-order chi connectivity index (χ1) is 10.9. The highest BCUT2D eigenvalue weighted by atomic mass is 32.2. The summed E-state index contributed by atoms with van der Waals surface area (Å²) in [6.45, 7) is 2.30. The van der Waals surface area contributed by atoms with Gasteiger partial charge < -0.3 is 11.1 Å². The molecule has 2 aromatic rings. The molecular weight excluding hydrogens is 334 g/mol. The molecule has 8 heteroatoms. The molecule has 2 rings (SSSR count).